The number of carbonyl (C=O) groups is 2. The van der Waals surface area contributed by atoms with Crippen LogP contribution in [0.3, 0.4) is 0 Å². The van der Waals surface area contributed by atoms with Gasteiger partial charge >= 0.3 is 6.09 Å². The van der Waals surface area contributed by atoms with Crippen molar-refractivity contribution in [3.63, 3.8) is 0 Å². The molecular weight excluding hydrogens is 386 g/mol. The third-order valence-corrected chi connectivity index (χ3v) is 6.83. The number of hydrogen-bond acceptors (Lipinski definition) is 6. The summed E-state index contributed by atoms with van der Waals surface area (Å²) in [5.41, 5.74) is 2.09. The molecule has 3 fully saturated rings. The number of hydrogen-bond donors (Lipinski definition) is 3. The molecule has 3 aliphatic carbocycles. The molecule has 160 valence electrons. The highest BCUT2D eigenvalue weighted by Gasteiger charge is 2.56. The summed E-state index contributed by atoms with van der Waals surface area (Å²) in [6.45, 7) is 1.81. The summed E-state index contributed by atoms with van der Waals surface area (Å²) in [5, 5.41) is 16.8. The number of aryl methyl sites for hydroxylation is 1. The molecule has 9 heteroatoms. The van der Waals surface area contributed by atoms with Crippen LogP contribution in [-0.2, 0) is 16.0 Å². The first-order valence-electron chi connectivity index (χ1n) is 10.7. The van der Waals surface area contributed by atoms with Crippen molar-refractivity contribution in [2.24, 2.45) is 5.41 Å². The molecule has 0 saturated heterocycles. The summed E-state index contributed by atoms with van der Waals surface area (Å²) in [5.74, 6) is 1.02. The van der Waals surface area contributed by atoms with Crippen molar-refractivity contribution in [1.29, 1.82) is 0 Å². The first kappa shape index (κ1) is 19.1. The van der Waals surface area contributed by atoms with Crippen LogP contribution < -0.4 is 10.6 Å². The van der Waals surface area contributed by atoms with Gasteiger partial charge in [-0.2, -0.15) is 5.10 Å². The van der Waals surface area contributed by atoms with Crippen LogP contribution in [0.1, 0.15) is 68.0 Å². The topological polar surface area (TPSA) is 122 Å². The zero-order chi connectivity index (χ0) is 20.7. The lowest BCUT2D eigenvalue weighted by molar-refractivity contribution is -0.115. The second kappa shape index (κ2) is 7.45. The van der Waals surface area contributed by atoms with E-state index in [0.29, 0.717) is 23.0 Å². The van der Waals surface area contributed by atoms with Crippen molar-refractivity contribution < 1.29 is 18.8 Å². The number of nitrogens with zero attached hydrogens (tertiary/aromatic N) is 2. The van der Waals surface area contributed by atoms with E-state index in [1.54, 1.807) is 6.07 Å². The fraction of sp³-hybridized carbons (Fsp3) is 0.619. The number of amides is 2. The van der Waals surface area contributed by atoms with E-state index in [-0.39, 0.29) is 30.4 Å². The molecule has 1 spiro atoms. The Morgan fingerprint density at radius 2 is 2.13 bits per heavy atom. The Morgan fingerprint density at radius 1 is 1.27 bits per heavy atom. The third-order valence-electron chi connectivity index (χ3n) is 6.83. The summed E-state index contributed by atoms with van der Waals surface area (Å²) >= 11 is 0. The first-order chi connectivity index (χ1) is 14.5. The molecule has 2 aromatic rings. The van der Waals surface area contributed by atoms with Crippen molar-refractivity contribution in [1.82, 2.24) is 20.7 Å². The molecule has 0 aromatic carbocycles. The fourth-order valence-electron chi connectivity index (χ4n) is 4.79. The van der Waals surface area contributed by atoms with Gasteiger partial charge < -0.3 is 19.9 Å². The quantitative estimate of drug-likeness (QED) is 0.668. The Bertz CT molecular complexity index is 947. The van der Waals surface area contributed by atoms with Crippen molar-refractivity contribution in [2.75, 3.05) is 5.32 Å². The second-order valence-electron chi connectivity index (χ2n) is 9.00. The Kier molecular flexibility index (Phi) is 4.75. The molecule has 0 radical (unpaired) electrons. The summed E-state index contributed by atoms with van der Waals surface area (Å²) < 4.78 is 10.7. The van der Waals surface area contributed by atoms with Crippen molar-refractivity contribution in [2.45, 2.75) is 76.4 Å². The number of aromatic nitrogens is 3. The average Bonchev–Trinajstić information content (AvgIpc) is 2.98. The highest BCUT2D eigenvalue weighted by molar-refractivity contribution is 5.91. The maximum absolute atomic E-state index is 12.2. The minimum absolute atomic E-state index is 0.0822. The monoisotopic (exact) mass is 413 g/mol. The Balaban J connectivity index is 1.09. The molecule has 3 atom stereocenters. The summed E-state index contributed by atoms with van der Waals surface area (Å²) in [4.78, 5) is 24.4. The van der Waals surface area contributed by atoms with Crippen molar-refractivity contribution >= 4 is 17.8 Å². The molecule has 3 aliphatic rings. The van der Waals surface area contributed by atoms with Gasteiger partial charge in [-0.1, -0.05) is 5.16 Å². The van der Waals surface area contributed by atoms with Gasteiger partial charge in [-0.3, -0.25) is 9.89 Å². The standard InChI is InChI=1S/C21H27N5O4/c1-12-8-15(30-26-12)10-19(27)23-18-11-16(24-25-18)13-2-3-14(9-13)29-20(28)22-17-4-5-21(17)6-7-21/h8,11,13-14,17H,2-7,9-10H2,1H3,(H,22,28)(H2,23,24,25,27)/t13-,14-,17?/m1/s1. The molecule has 3 saturated carbocycles. The van der Waals surface area contributed by atoms with Gasteiger partial charge in [-0.15, -0.1) is 0 Å². The van der Waals surface area contributed by atoms with Gasteiger partial charge in [0.05, 0.1) is 12.1 Å². The molecular formula is C21H27N5O4. The average molecular weight is 413 g/mol. The summed E-state index contributed by atoms with van der Waals surface area (Å²) in [7, 11) is 0. The van der Waals surface area contributed by atoms with Gasteiger partial charge in [0.1, 0.15) is 11.9 Å². The van der Waals surface area contributed by atoms with Crippen LogP contribution in [0, 0.1) is 12.3 Å². The van der Waals surface area contributed by atoms with Crippen molar-refractivity contribution in [3.8, 4) is 0 Å². The smallest absolute Gasteiger partial charge is 0.407 e. The van der Waals surface area contributed by atoms with Gasteiger partial charge in [0.25, 0.3) is 0 Å². The molecule has 5 rings (SSSR count). The number of carbonyl (C=O) groups excluding carboxylic acids is 2. The second-order valence-corrected chi connectivity index (χ2v) is 9.00. The van der Waals surface area contributed by atoms with E-state index in [1.807, 2.05) is 13.0 Å². The summed E-state index contributed by atoms with van der Waals surface area (Å²) in [6.07, 6.45) is 7.04. The number of alkyl carbamates (subject to hydrolysis) is 1. The van der Waals surface area contributed by atoms with Gasteiger partial charge in [0, 0.05) is 29.8 Å². The molecule has 2 heterocycles. The van der Waals surface area contributed by atoms with Crippen LogP contribution in [0.4, 0.5) is 10.6 Å². The Morgan fingerprint density at radius 3 is 2.83 bits per heavy atom. The summed E-state index contributed by atoms with van der Waals surface area (Å²) in [6, 6.07) is 3.89. The molecule has 9 nitrogen and oxygen atoms in total. The van der Waals surface area contributed by atoms with Crippen LogP contribution in [0.5, 0.6) is 0 Å². The van der Waals surface area contributed by atoms with Crippen LogP contribution in [-0.4, -0.2) is 39.5 Å². The lowest BCUT2D eigenvalue weighted by Crippen LogP contribution is -2.48. The third kappa shape index (κ3) is 3.93. The molecule has 30 heavy (non-hydrogen) atoms. The number of aromatic amines is 1. The number of nitrogens with one attached hydrogen (secondary N) is 3. The van der Waals surface area contributed by atoms with E-state index >= 15 is 0 Å². The molecule has 2 aromatic heterocycles. The minimum Gasteiger partial charge on any atom is -0.446 e. The van der Waals surface area contributed by atoms with Gasteiger partial charge in [0.2, 0.25) is 5.91 Å². The number of ether oxygens (including phenoxy) is 1. The zero-order valence-corrected chi connectivity index (χ0v) is 17.1. The highest BCUT2D eigenvalue weighted by atomic mass is 16.6. The van der Waals surface area contributed by atoms with E-state index in [9.17, 15) is 9.59 Å². The largest absolute Gasteiger partial charge is 0.446 e. The first-order valence-corrected chi connectivity index (χ1v) is 10.7. The van der Waals surface area contributed by atoms with E-state index in [1.165, 1.54) is 19.3 Å². The lowest BCUT2D eigenvalue weighted by atomic mass is 9.76. The molecule has 1 unspecified atom stereocenters. The van der Waals surface area contributed by atoms with E-state index in [4.69, 9.17) is 9.26 Å². The van der Waals surface area contributed by atoms with E-state index < -0.39 is 0 Å². The van der Waals surface area contributed by atoms with Crippen LogP contribution in [0.15, 0.2) is 16.7 Å². The number of anilines is 1. The van der Waals surface area contributed by atoms with Gasteiger partial charge in [-0.25, -0.2) is 4.79 Å². The fourth-order valence-corrected chi connectivity index (χ4v) is 4.79. The molecule has 0 bridgehead atoms. The highest BCUT2D eigenvalue weighted by Crippen LogP contribution is 2.60. The maximum Gasteiger partial charge on any atom is 0.407 e. The zero-order valence-electron chi connectivity index (χ0n) is 17.1. The SMILES string of the molecule is Cc1cc(CC(=O)Nc2cc([C@@H]3CC[C@@H](OC(=O)NC4CCC45CC5)C3)[nH]n2)on1. The van der Waals surface area contributed by atoms with Gasteiger partial charge in [-0.05, 0) is 57.3 Å². The normalized spacial score (nSPS) is 26.2. The predicted octanol–water partition coefficient (Wildman–Crippen LogP) is 3.19. The van der Waals surface area contributed by atoms with Crippen LogP contribution in [0.2, 0.25) is 0 Å². The van der Waals surface area contributed by atoms with Crippen LogP contribution in [0.25, 0.3) is 0 Å². The molecule has 2 amide bonds. The number of H-pyrrole nitrogens is 1. The Hall–Kier alpha value is -2.84. The molecule has 0 aliphatic heterocycles. The molecule has 3 N–H and O–H groups in total. The Labute approximate surface area is 174 Å². The van der Waals surface area contributed by atoms with E-state index in [0.717, 1.165) is 37.1 Å². The predicted molar refractivity (Wildman–Crippen MR) is 107 cm³/mol. The van der Waals surface area contributed by atoms with Crippen molar-refractivity contribution in [3.05, 3.63) is 29.3 Å². The van der Waals surface area contributed by atoms with E-state index in [2.05, 4.69) is 26.0 Å². The lowest BCUT2D eigenvalue weighted by Gasteiger charge is -2.37. The van der Waals surface area contributed by atoms with Gasteiger partial charge in [0.15, 0.2) is 5.82 Å². The van der Waals surface area contributed by atoms with Crippen LogP contribution >= 0.6 is 0 Å². The minimum atomic E-state index is -0.281. The maximum atomic E-state index is 12.2. The number of rotatable bonds is 6.